The molecule has 8 nitrogen and oxygen atoms in total. The minimum atomic E-state index is -1.46. The molecule has 104 valence electrons. The predicted molar refractivity (Wildman–Crippen MR) is 66.9 cm³/mol. The van der Waals surface area contributed by atoms with Gasteiger partial charge in [0.25, 0.3) is 5.69 Å². The van der Waals surface area contributed by atoms with Gasteiger partial charge in [-0.2, -0.15) is 0 Å². The number of nitrogen functional groups attached to an aromatic ring is 1. The molecule has 0 aliphatic carbocycles. The number of aromatic nitrogens is 1. The van der Waals surface area contributed by atoms with Gasteiger partial charge in [0.15, 0.2) is 12.4 Å². The topological polar surface area (TPSA) is 144 Å². The van der Waals surface area contributed by atoms with Gasteiger partial charge in [0, 0.05) is 30.0 Å². The molecule has 0 aliphatic rings. The molecular weight excluding hydrogens is 266 g/mol. The van der Waals surface area contributed by atoms with Crippen molar-refractivity contribution >= 4 is 17.3 Å². The molecule has 0 spiro atoms. The summed E-state index contributed by atoms with van der Waals surface area (Å²) in [6, 6.07) is 6.18. The van der Waals surface area contributed by atoms with Gasteiger partial charge in [-0.25, -0.2) is 9.78 Å². The minimum Gasteiger partial charge on any atom is -0.872 e. The summed E-state index contributed by atoms with van der Waals surface area (Å²) in [6.07, 6.45) is 3.57. The zero-order chi connectivity index (χ0) is 15.1. The quantitative estimate of drug-likeness (QED) is 0.602. The fraction of sp³-hybridized carbons (Fsp3) is 0. The third-order valence-corrected chi connectivity index (χ3v) is 2.15. The Hall–Kier alpha value is -3.16. The zero-order valence-electron chi connectivity index (χ0n) is 10.1. The normalized spacial score (nSPS) is 9.20. The molecule has 0 bridgehead atoms. The molecule has 1 heterocycles. The molecule has 2 rings (SSSR count). The van der Waals surface area contributed by atoms with E-state index in [1.54, 1.807) is 24.5 Å². The second-order valence-corrected chi connectivity index (χ2v) is 3.58. The van der Waals surface area contributed by atoms with E-state index in [1.807, 2.05) is 0 Å². The number of aromatic carboxylic acids is 1. The smallest absolute Gasteiger partial charge is 0.335 e. The molecule has 20 heavy (non-hydrogen) atoms. The van der Waals surface area contributed by atoms with Crippen molar-refractivity contribution < 1.29 is 24.9 Å². The number of nitrogens with zero attached hydrogens (tertiary/aromatic N) is 1. The average molecular weight is 277 g/mol. The summed E-state index contributed by atoms with van der Waals surface area (Å²) in [6.45, 7) is 0. The molecule has 0 atom stereocenters. The molecule has 8 heteroatoms. The van der Waals surface area contributed by atoms with Crippen LogP contribution in [-0.4, -0.2) is 16.0 Å². The van der Waals surface area contributed by atoms with Crippen LogP contribution < -0.4 is 15.8 Å². The number of nitrogens with one attached hydrogen (secondary N) is 1. The van der Waals surface area contributed by atoms with Gasteiger partial charge in [-0.05, 0) is 0 Å². The van der Waals surface area contributed by atoms with E-state index in [1.165, 1.54) is 0 Å². The van der Waals surface area contributed by atoms with Gasteiger partial charge >= 0.3 is 5.97 Å². The van der Waals surface area contributed by atoms with Crippen molar-refractivity contribution in [3.05, 3.63) is 58.4 Å². The number of carbonyl (C=O) groups is 1. The lowest BCUT2D eigenvalue weighted by molar-refractivity contribution is -0.385. The van der Waals surface area contributed by atoms with Crippen LogP contribution >= 0.6 is 0 Å². The van der Waals surface area contributed by atoms with Crippen LogP contribution in [0.3, 0.4) is 0 Å². The van der Waals surface area contributed by atoms with Crippen molar-refractivity contribution in [2.24, 2.45) is 0 Å². The van der Waals surface area contributed by atoms with Crippen LogP contribution in [-0.2, 0) is 0 Å². The molecule has 0 fully saturated rings. The predicted octanol–water partition coefficient (Wildman–Crippen LogP) is 0.449. The van der Waals surface area contributed by atoms with Gasteiger partial charge in [-0.3, -0.25) is 10.1 Å². The number of carboxylic acids is 1. The van der Waals surface area contributed by atoms with Gasteiger partial charge in [0.2, 0.25) is 0 Å². The highest BCUT2D eigenvalue weighted by Gasteiger charge is 2.10. The summed E-state index contributed by atoms with van der Waals surface area (Å²) in [4.78, 5) is 22.7. The number of nitrogens with two attached hydrogens (primary N) is 1. The van der Waals surface area contributed by atoms with Crippen LogP contribution in [0.4, 0.5) is 11.4 Å². The number of hydrogen-bond acceptors (Lipinski definition) is 5. The van der Waals surface area contributed by atoms with Gasteiger partial charge < -0.3 is 15.9 Å². The monoisotopic (exact) mass is 277 g/mol. The molecule has 4 N–H and O–H groups in total. The van der Waals surface area contributed by atoms with Crippen molar-refractivity contribution in [3.63, 3.8) is 0 Å². The Kier molecular flexibility index (Phi) is 4.98. The Morgan fingerprint density at radius 1 is 1.25 bits per heavy atom. The molecule has 0 radical (unpaired) electrons. The highest BCUT2D eigenvalue weighted by atomic mass is 16.6. The molecular formula is C12H11N3O5. The first-order valence-corrected chi connectivity index (χ1v) is 5.32. The second kappa shape index (κ2) is 6.69. The Bertz CT molecular complexity index is 616. The Morgan fingerprint density at radius 3 is 2.25 bits per heavy atom. The highest BCUT2D eigenvalue weighted by Crippen LogP contribution is 2.20. The van der Waals surface area contributed by atoms with E-state index in [0.29, 0.717) is 0 Å². The highest BCUT2D eigenvalue weighted by molar-refractivity contribution is 5.91. The average Bonchev–Trinajstić information content (AvgIpc) is 2.40. The molecule has 0 saturated heterocycles. The van der Waals surface area contributed by atoms with Crippen LogP contribution in [0.15, 0.2) is 42.7 Å². The Morgan fingerprint density at radius 2 is 1.85 bits per heavy atom. The number of carboxylic acid groups (broad SMARTS) is 1. The first-order valence-electron chi connectivity index (χ1n) is 5.32. The summed E-state index contributed by atoms with van der Waals surface area (Å²) in [5, 5.41) is 29.5. The fourth-order valence-corrected chi connectivity index (χ4v) is 1.20. The maximum atomic E-state index is 10.8. The Labute approximate surface area is 113 Å². The lowest BCUT2D eigenvalue weighted by Gasteiger charge is -2.07. The van der Waals surface area contributed by atoms with Crippen LogP contribution in [0.25, 0.3) is 0 Å². The molecule has 0 unspecified atom stereocenters. The van der Waals surface area contributed by atoms with E-state index in [2.05, 4.69) is 4.98 Å². The summed E-state index contributed by atoms with van der Waals surface area (Å²) in [7, 11) is 0. The van der Waals surface area contributed by atoms with Crippen molar-refractivity contribution in [3.8, 4) is 5.75 Å². The largest absolute Gasteiger partial charge is 0.872 e. The van der Waals surface area contributed by atoms with Crippen LogP contribution in [0.1, 0.15) is 10.4 Å². The Balaban J connectivity index is 0.000000240. The van der Waals surface area contributed by atoms with Gasteiger partial charge in [0.05, 0.1) is 10.5 Å². The molecule has 0 aliphatic heterocycles. The molecule has 1 aromatic heterocycles. The third kappa shape index (κ3) is 4.26. The number of anilines is 1. The van der Waals surface area contributed by atoms with E-state index in [0.717, 1.165) is 23.9 Å². The number of nitro groups is 1. The first-order chi connectivity index (χ1) is 9.41. The van der Waals surface area contributed by atoms with Crippen molar-refractivity contribution in [1.29, 1.82) is 0 Å². The van der Waals surface area contributed by atoms with Gasteiger partial charge in [0.1, 0.15) is 0 Å². The van der Waals surface area contributed by atoms with E-state index in [-0.39, 0.29) is 0 Å². The number of nitro benzene ring substituents is 1. The van der Waals surface area contributed by atoms with Crippen molar-refractivity contribution in [2.75, 3.05) is 5.73 Å². The standard InChI is InChI=1S/C7H5NO5.C5H6N2/c9-6-2-1-4(8(12)13)3-5(6)7(10)11;6-5-1-3-7-4-2-5/h1-3,9H,(H,10,11);1-4H,(H2,6,7). The number of pyridine rings is 1. The zero-order valence-corrected chi connectivity index (χ0v) is 10.1. The maximum absolute atomic E-state index is 10.8. The number of benzene rings is 1. The van der Waals surface area contributed by atoms with Crippen LogP contribution in [0.2, 0.25) is 0 Å². The molecule has 0 saturated carbocycles. The van der Waals surface area contributed by atoms with Gasteiger partial charge in [-0.1, -0.05) is 11.8 Å². The number of H-pyrrole nitrogens is 1. The number of rotatable bonds is 2. The van der Waals surface area contributed by atoms with Gasteiger partial charge in [-0.15, -0.1) is 0 Å². The third-order valence-electron chi connectivity index (χ3n) is 2.15. The molecule has 1 aromatic carbocycles. The van der Waals surface area contributed by atoms with Crippen molar-refractivity contribution in [2.45, 2.75) is 0 Å². The molecule has 2 aromatic rings. The lowest BCUT2D eigenvalue weighted by Crippen LogP contribution is -2.04. The van der Waals surface area contributed by atoms with E-state index >= 15 is 0 Å². The van der Waals surface area contributed by atoms with E-state index < -0.39 is 27.9 Å². The number of aromatic amines is 1. The number of hydrogen-bond donors (Lipinski definition) is 2. The summed E-state index contributed by atoms with van der Waals surface area (Å²) < 4.78 is 0. The maximum Gasteiger partial charge on any atom is 0.335 e. The summed E-state index contributed by atoms with van der Waals surface area (Å²) >= 11 is 0. The summed E-state index contributed by atoms with van der Waals surface area (Å²) in [5.41, 5.74) is 5.13. The number of non-ortho nitro benzene ring substituents is 1. The van der Waals surface area contributed by atoms with Crippen LogP contribution in [0, 0.1) is 10.1 Å². The lowest BCUT2D eigenvalue weighted by atomic mass is 10.2. The first kappa shape index (κ1) is 14.9. The van der Waals surface area contributed by atoms with E-state index in [4.69, 9.17) is 10.8 Å². The van der Waals surface area contributed by atoms with Crippen LogP contribution in [0.5, 0.6) is 5.75 Å². The minimum absolute atomic E-state index is 0.406. The molecule has 0 amide bonds. The summed E-state index contributed by atoms with van der Waals surface area (Å²) in [5.74, 6) is -2.20. The fourth-order valence-electron chi connectivity index (χ4n) is 1.20. The van der Waals surface area contributed by atoms with Crippen molar-refractivity contribution in [1.82, 2.24) is 0 Å². The second-order valence-electron chi connectivity index (χ2n) is 3.58. The van der Waals surface area contributed by atoms with E-state index in [9.17, 15) is 20.0 Å². The SMILES string of the molecule is Nc1cc[nH+]cc1.O=C(O)c1cc([N+](=O)[O-])ccc1[O-].